The molecule has 1 aromatic heterocycles. The van der Waals surface area contributed by atoms with E-state index in [1.807, 2.05) is 24.3 Å². The highest BCUT2D eigenvalue weighted by atomic mass is 35.5. The van der Waals surface area contributed by atoms with Crippen molar-refractivity contribution in [3.8, 4) is 23.7 Å². The summed E-state index contributed by atoms with van der Waals surface area (Å²) in [6.07, 6.45) is 8.33. The number of aryl methyl sites for hydroxylation is 1. The number of hydrogen-bond donors (Lipinski definition) is 5. The maximum absolute atomic E-state index is 12.3. The number of ether oxygens (including phenoxy) is 1. The van der Waals surface area contributed by atoms with Crippen LogP contribution < -0.4 is 11.1 Å². The second kappa shape index (κ2) is 18.4. The molecule has 266 valence electrons. The summed E-state index contributed by atoms with van der Waals surface area (Å²) in [5.74, 6) is 11.5. The van der Waals surface area contributed by atoms with Crippen molar-refractivity contribution in [2.24, 2.45) is 5.73 Å². The fraction of sp³-hybridized carbons (Fsp3) is 0.436. The molecule has 6 rings (SSSR count). The summed E-state index contributed by atoms with van der Waals surface area (Å²) in [6, 6.07) is 16.1. The number of amides is 1. The van der Waals surface area contributed by atoms with Crippen LogP contribution in [0.4, 0.5) is 0 Å². The predicted molar refractivity (Wildman–Crippen MR) is 193 cm³/mol. The van der Waals surface area contributed by atoms with Gasteiger partial charge in [-0.3, -0.25) is 4.79 Å². The number of furan rings is 1. The second-order valence-electron chi connectivity index (χ2n) is 12.9. The number of aliphatic carboxylic acids is 1. The zero-order chi connectivity index (χ0) is 36.1. The quantitative estimate of drug-likeness (QED) is 0.198. The number of carboxylic acids is 1. The molecule has 3 aromatic rings. The molecule has 9 nitrogen and oxygen atoms in total. The number of nitrogens with two attached hydrogens (primary N) is 1. The number of rotatable bonds is 3. The van der Waals surface area contributed by atoms with Gasteiger partial charge >= 0.3 is 5.97 Å². The van der Waals surface area contributed by atoms with Crippen molar-refractivity contribution in [2.45, 2.75) is 101 Å². The van der Waals surface area contributed by atoms with Gasteiger partial charge in [-0.15, -0.1) is 0 Å². The summed E-state index contributed by atoms with van der Waals surface area (Å²) in [5, 5.41) is 33.6. The predicted octanol–water partition coefficient (Wildman–Crippen LogP) is 6.27. The summed E-state index contributed by atoms with van der Waals surface area (Å²) < 4.78 is 9.98. The molecule has 0 bridgehead atoms. The van der Waals surface area contributed by atoms with Gasteiger partial charge in [0.1, 0.15) is 17.0 Å². The molecule has 3 aliphatic rings. The van der Waals surface area contributed by atoms with E-state index in [-0.39, 0.29) is 18.0 Å². The monoisotopic (exact) mass is 722 g/mol. The molecule has 3 fully saturated rings. The van der Waals surface area contributed by atoms with E-state index in [1.165, 1.54) is 6.26 Å². The largest absolute Gasteiger partial charge is 0.479 e. The molecule has 6 N–H and O–H groups in total. The summed E-state index contributed by atoms with van der Waals surface area (Å²) in [7, 11) is 0. The Balaban J connectivity index is 0.000000192. The first kappa shape index (κ1) is 39.0. The summed E-state index contributed by atoms with van der Waals surface area (Å²) >= 11 is 11.8. The van der Waals surface area contributed by atoms with Gasteiger partial charge in [-0.2, -0.15) is 0 Å². The van der Waals surface area contributed by atoms with Gasteiger partial charge in [-0.25, -0.2) is 4.79 Å². The van der Waals surface area contributed by atoms with Crippen LogP contribution in [0, 0.1) is 30.6 Å². The van der Waals surface area contributed by atoms with Crippen LogP contribution in [-0.4, -0.2) is 63.2 Å². The Bertz CT molecular complexity index is 1730. The summed E-state index contributed by atoms with van der Waals surface area (Å²) in [5.41, 5.74) is 5.93. The number of carboxylic acid groups (broad SMARTS) is 1. The van der Waals surface area contributed by atoms with Gasteiger partial charge < -0.3 is 35.5 Å². The van der Waals surface area contributed by atoms with E-state index in [9.17, 15) is 19.8 Å². The highest BCUT2D eigenvalue weighted by molar-refractivity contribution is 6.31. The van der Waals surface area contributed by atoms with Crippen molar-refractivity contribution < 1.29 is 34.1 Å². The van der Waals surface area contributed by atoms with Crippen LogP contribution in [0.5, 0.6) is 0 Å². The number of halogens is 2. The Morgan fingerprint density at radius 1 is 0.880 bits per heavy atom. The second-order valence-corrected chi connectivity index (χ2v) is 13.8. The van der Waals surface area contributed by atoms with Crippen LogP contribution in [0.15, 0.2) is 65.3 Å². The van der Waals surface area contributed by atoms with Crippen molar-refractivity contribution in [3.05, 3.63) is 93.4 Å². The van der Waals surface area contributed by atoms with Gasteiger partial charge in [-0.1, -0.05) is 59.0 Å². The minimum absolute atomic E-state index is 0.0578. The average Bonchev–Trinajstić information content (AvgIpc) is 3.77. The molecule has 1 saturated heterocycles. The lowest BCUT2D eigenvalue weighted by Gasteiger charge is -2.33. The third kappa shape index (κ3) is 12.5. The smallest absolute Gasteiger partial charge is 0.332 e. The van der Waals surface area contributed by atoms with Crippen LogP contribution in [-0.2, 0) is 9.53 Å². The van der Waals surface area contributed by atoms with Gasteiger partial charge in [0.15, 0.2) is 6.10 Å². The minimum Gasteiger partial charge on any atom is -0.479 e. The Kier molecular flexibility index (Phi) is 14.4. The molecule has 5 atom stereocenters. The number of nitrogens with one attached hydrogen (secondary N) is 1. The van der Waals surface area contributed by atoms with Crippen molar-refractivity contribution in [1.82, 2.24) is 5.32 Å². The summed E-state index contributed by atoms with van der Waals surface area (Å²) in [4.78, 5) is 22.4. The van der Waals surface area contributed by atoms with Crippen molar-refractivity contribution in [3.63, 3.8) is 0 Å². The standard InChI is InChI=1S/C20H20ClNO3.C14H16ClNO.C5H8O3/c1-14-18(8-11-25-14)19(23)22-17-6-3-9-20(24,13-17)10-7-15-4-2-5-16(21)12-15;15-12-4-1-3-11(9-12)6-8-14(17)7-2-5-13(16)10-14;6-5(7)4-2-1-3-8-4/h2,4-5,8,11-12,17,24H,3,6,9,13H2,1H3,(H,22,23);1,3-4,9,13,17H,2,5,7,10,16H2;4H,1-3H2,(H,6,7)/t17-,20+;13-,14+;4-/m001/s1. The minimum atomic E-state index is -1.11. The van der Waals surface area contributed by atoms with Crippen molar-refractivity contribution in [1.29, 1.82) is 0 Å². The van der Waals surface area contributed by atoms with Crippen molar-refractivity contribution in [2.75, 3.05) is 6.61 Å². The Morgan fingerprint density at radius 3 is 1.96 bits per heavy atom. The molecule has 1 amide bonds. The third-order valence-electron chi connectivity index (χ3n) is 8.66. The zero-order valence-electron chi connectivity index (χ0n) is 28.1. The molecule has 0 spiro atoms. The van der Waals surface area contributed by atoms with Crippen LogP contribution in [0.3, 0.4) is 0 Å². The van der Waals surface area contributed by atoms with Crippen molar-refractivity contribution >= 4 is 35.1 Å². The number of aliphatic hydroxyl groups is 2. The topological polar surface area (TPSA) is 155 Å². The normalized spacial score (nSPS) is 25.5. The number of benzene rings is 2. The van der Waals surface area contributed by atoms with Crippen LogP contribution in [0.25, 0.3) is 0 Å². The van der Waals surface area contributed by atoms with E-state index in [0.29, 0.717) is 60.1 Å². The first-order valence-corrected chi connectivity index (χ1v) is 17.6. The van der Waals surface area contributed by atoms with Crippen LogP contribution >= 0.6 is 23.2 Å². The van der Waals surface area contributed by atoms with E-state index in [2.05, 4.69) is 29.0 Å². The summed E-state index contributed by atoms with van der Waals surface area (Å²) in [6.45, 7) is 2.36. The molecule has 2 saturated carbocycles. The third-order valence-corrected chi connectivity index (χ3v) is 9.13. The number of carbonyl (C=O) groups is 2. The van der Waals surface area contributed by atoms with E-state index in [1.54, 1.807) is 37.3 Å². The van der Waals surface area contributed by atoms with Gasteiger partial charge in [0.2, 0.25) is 0 Å². The molecule has 0 radical (unpaired) electrons. The Hall–Kier alpha value is -3.80. The maximum atomic E-state index is 12.3. The lowest BCUT2D eigenvalue weighted by molar-refractivity contribution is -0.147. The van der Waals surface area contributed by atoms with Gasteiger partial charge in [-0.05, 0) is 101 Å². The SMILES string of the molecule is Cc1occc1C(=O)N[C@H]1CCC[C@@](O)(C#Cc2cccc(Cl)c2)C1.N[C@H]1CCC[C@@](O)(C#Cc2cccc(Cl)c2)C1.O=C(O)[C@H]1CCCO1. The van der Waals surface area contributed by atoms with Crippen LogP contribution in [0.1, 0.15) is 91.5 Å². The van der Waals surface area contributed by atoms with E-state index >= 15 is 0 Å². The van der Waals surface area contributed by atoms with E-state index in [0.717, 1.165) is 43.2 Å². The first-order chi connectivity index (χ1) is 23.8. The zero-order valence-corrected chi connectivity index (χ0v) is 29.6. The number of hydrogen-bond acceptors (Lipinski definition) is 7. The lowest BCUT2D eigenvalue weighted by Crippen LogP contribution is -2.45. The molecular formula is C39H44Cl2N2O7. The number of carbonyl (C=O) groups excluding carboxylic acids is 1. The van der Waals surface area contributed by atoms with E-state index in [4.69, 9.17) is 43.2 Å². The molecule has 2 heterocycles. The molecule has 0 unspecified atom stereocenters. The first-order valence-electron chi connectivity index (χ1n) is 16.8. The highest BCUT2D eigenvalue weighted by Gasteiger charge is 2.34. The van der Waals surface area contributed by atoms with Gasteiger partial charge in [0, 0.05) is 52.7 Å². The lowest BCUT2D eigenvalue weighted by atomic mass is 9.82. The Labute approximate surface area is 303 Å². The average molecular weight is 724 g/mol. The van der Waals surface area contributed by atoms with E-state index < -0.39 is 23.3 Å². The molecule has 50 heavy (non-hydrogen) atoms. The Morgan fingerprint density at radius 2 is 1.48 bits per heavy atom. The molecule has 2 aliphatic carbocycles. The van der Waals surface area contributed by atoms with Gasteiger partial charge in [0.05, 0.1) is 11.8 Å². The molecule has 11 heteroatoms. The van der Waals surface area contributed by atoms with Crippen LogP contribution in [0.2, 0.25) is 10.0 Å². The molecule has 1 aliphatic heterocycles. The fourth-order valence-electron chi connectivity index (χ4n) is 6.06. The van der Waals surface area contributed by atoms with Gasteiger partial charge in [0.25, 0.3) is 5.91 Å². The molecule has 2 aromatic carbocycles. The molecular weight excluding hydrogens is 679 g/mol. The maximum Gasteiger partial charge on any atom is 0.332 e. The fourth-order valence-corrected chi connectivity index (χ4v) is 6.44. The highest BCUT2D eigenvalue weighted by Crippen LogP contribution is 2.29.